The van der Waals surface area contributed by atoms with Crippen LogP contribution in [0.2, 0.25) is 0 Å². The third-order valence-electron chi connectivity index (χ3n) is 2.85. The van der Waals surface area contributed by atoms with Crippen molar-refractivity contribution in [3.8, 4) is 0 Å². The first-order valence-electron chi connectivity index (χ1n) is 7.10. The fraction of sp³-hybridized carbons (Fsp3) is 0.733. The Hall–Kier alpha value is -1.52. The standard InChI is InChI=1S/C15H26N2O3/c1-9(2)7-12(14(19)20-15(4,5)6)17-11-8-13(18)16-10(11)3/h8-10,12,17H,7H2,1-6H3,(H,16,18)/t10-,12?/m0/s1. The van der Waals surface area contributed by atoms with Gasteiger partial charge in [-0.1, -0.05) is 13.8 Å². The molecule has 5 heteroatoms. The Kier molecular flexibility index (Phi) is 5.20. The van der Waals surface area contributed by atoms with Gasteiger partial charge in [-0.3, -0.25) is 4.79 Å². The number of hydrogen-bond donors (Lipinski definition) is 2. The largest absolute Gasteiger partial charge is 0.458 e. The molecule has 0 bridgehead atoms. The van der Waals surface area contributed by atoms with Crippen LogP contribution in [0.3, 0.4) is 0 Å². The molecule has 0 aromatic carbocycles. The third-order valence-corrected chi connectivity index (χ3v) is 2.85. The summed E-state index contributed by atoms with van der Waals surface area (Å²) in [6.07, 6.45) is 2.16. The van der Waals surface area contributed by atoms with Crippen LogP contribution in [0.15, 0.2) is 11.8 Å². The van der Waals surface area contributed by atoms with Crippen LogP contribution in [0.1, 0.15) is 48.0 Å². The van der Waals surface area contributed by atoms with Crippen LogP contribution < -0.4 is 10.6 Å². The number of ether oxygens (including phenoxy) is 1. The minimum Gasteiger partial charge on any atom is -0.458 e. The molecular formula is C15H26N2O3. The highest BCUT2D eigenvalue weighted by molar-refractivity contribution is 5.91. The molecule has 20 heavy (non-hydrogen) atoms. The van der Waals surface area contributed by atoms with Crippen LogP contribution in [0.5, 0.6) is 0 Å². The van der Waals surface area contributed by atoms with E-state index >= 15 is 0 Å². The number of rotatable bonds is 5. The molecule has 0 saturated heterocycles. The average molecular weight is 282 g/mol. The smallest absolute Gasteiger partial charge is 0.329 e. The zero-order valence-electron chi connectivity index (χ0n) is 13.2. The fourth-order valence-electron chi connectivity index (χ4n) is 2.03. The maximum Gasteiger partial charge on any atom is 0.329 e. The Morgan fingerprint density at radius 2 is 2.05 bits per heavy atom. The van der Waals surface area contributed by atoms with E-state index in [0.29, 0.717) is 12.3 Å². The van der Waals surface area contributed by atoms with E-state index in [0.717, 1.165) is 5.70 Å². The summed E-state index contributed by atoms with van der Waals surface area (Å²) in [6, 6.07) is -0.532. The number of hydrogen-bond acceptors (Lipinski definition) is 4. The van der Waals surface area contributed by atoms with Crippen LogP contribution in [-0.2, 0) is 14.3 Å². The summed E-state index contributed by atoms with van der Waals surface area (Å²) >= 11 is 0. The lowest BCUT2D eigenvalue weighted by atomic mass is 10.0. The number of nitrogens with one attached hydrogen (secondary N) is 2. The Morgan fingerprint density at radius 1 is 1.45 bits per heavy atom. The topological polar surface area (TPSA) is 67.4 Å². The molecule has 1 heterocycles. The lowest BCUT2D eigenvalue weighted by molar-refractivity contribution is -0.157. The summed E-state index contributed by atoms with van der Waals surface area (Å²) < 4.78 is 5.44. The molecule has 0 spiro atoms. The molecule has 2 atom stereocenters. The van der Waals surface area contributed by atoms with Crippen molar-refractivity contribution < 1.29 is 14.3 Å². The van der Waals surface area contributed by atoms with E-state index in [2.05, 4.69) is 24.5 Å². The Bertz CT molecular complexity index is 408. The van der Waals surface area contributed by atoms with Crippen molar-refractivity contribution in [2.75, 3.05) is 0 Å². The second kappa shape index (κ2) is 6.29. The predicted molar refractivity (Wildman–Crippen MR) is 77.9 cm³/mol. The molecular weight excluding hydrogens is 256 g/mol. The molecule has 114 valence electrons. The van der Waals surface area contributed by atoms with Gasteiger partial charge < -0.3 is 15.4 Å². The van der Waals surface area contributed by atoms with E-state index in [4.69, 9.17) is 4.74 Å². The summed E-state index contributed by atoms with van der Waals surface area (Å²) in [4.78, 5) is 23.6. The van der Waals surface area contributed by atoms with E-state index in [1.807, 2.05) is 27.7 Å². The molecule has 0 radical (unpaired) electrons. The lowest BCUT2D eigenvalue weighted by Gasteiger charge is -2.27. The van der Waals surface area contributed by atoms with Gasteiger partial charge in [0.25, 0.3) is 0 Å². The van der Waals surface area contributed by atoms with Gasteiger partial charge >= 0.3 is 5.97 Å². The molecule has 1 amide bonds. The summed E-state index contributed by atoms with van der Waals surface area (Å²) in [6.45, 7) is 11.5. The van der Waals surface area contributed by atoms with E-state index in [-0.39, 0.29) is 17.9 Å². The first-order valence-corrected chi connectivity index (χ1v) is 7.10. The van der Waals surface area contributed by atoms with Crippen molar-refractivity contribution >= 4 is 11.9 Å². The predicted octanol–water partition coefficient (Wildman–Crippen LogP) is 1.73. The minimum absolute atomic E-state index is 0.0976. The van der Waals surface area contributed by atoms with Crippen LogP contribution in [0.4, 0.5) is 0 Å². The second-order valence-electron chi connectivity index (χ2n) is 6.69. The van der Waals surface area contributed by atoms with Crippen molar-refractivity contribution in [2.24, 2.45) is 5.92 Å². The van der Waals surface area contributed by atoms with Gasteiger partial charge in [-0.25, -0.2) is 4.79 Å². The molecule has 2 N–H and O–H groups in total. The molecule has 0 aliphatic carbocycles. The number of carbonyl (C=O) groups excluding carboxylic acids is 2. The monoisotopic (exact) mass is 282 g/mol. The Balaban J connectivity index is 2.77. The number of esters is 1. The van der Waals surface area contributed by atoms with E-state index in [9.17, 15) is 9.59 Å². The van der Waals surface area contributed by atoms with Crippen molar-refractivity contribution in [1.29, 1.82) is 0 Å². The maximum absolute atomic E-state index is 12.3. The molecule has 0 saturated carbocycles. The molecule has 1 rings (SSSR count). The molecule has 0 fully saturated rings. The van der Waals surface area contributed by atoms with Gasteiger partial charge in [-0.2, -0.15) is 0 Å². The van der Waals surface area contributed by atoms with Gasteiger partial charge in [-0.05, 0) is 40.0 Å². The number of amides is 1. The zero-order valence-corrected chi connectivity index (χ0v) is 13.2. The molecule has 5 nitrogen and oxygen atoms in total. The van der Waals surface area contributed by atoms with Gasteiger partial charge in [-0.15, -0.1) is 0 Å². The highest BCUT2D eigenvalue weighted by Crippen LogP contribution is 2.15. The Morgan fingerprint density at radius 3 is 2.45 bits per heavy atom. The Labute approximate surface area is 121 Å². The normalized spacial score (nSPS) is 20.4. The van der Waals surface area contributed by atoms with Gasteiger partial charge in [0.15, 0.2) is 0 Å². The number of carbonyl (C=O) groups is 2. The van der Waals surface area contributed by atoms with Gasteiger partial charge in [0.1, 0.15) is 11.6 Å². The van der Waals surface area contributed by atoms with Gasteiger partial charge in [0.2, 0.25) is 5.91 Å². The quantitative estimate of drug-likeness (QED) is 0.754. The zero-order chi connectivity index (χ0) is 15.5. The molecule has 1 aliphatic heterocycles. The van der Waals surface area contributed by atoms with E-state index in [1.54, 1.807) is 0 Å². The van der Waals surface area contributed by atoms with E-state index < -0.39 is 11.6 Å². The van der Waals surface area contributed by atoms with Crippen molar-refractivity contribution in [3.63, 3.8) is 0 Å². The van der Waals surface area contributed by atoms with Crippen LogP contribution >= 0.6 is 0 Å². The van der Waals surface area contributed by atoms with Crippen molar-refractivity contribution in [1.82, 2.24) is 10.6 Å². The molecule has 0 aromatic heterocycles. The van der Waals surface area contributed by atoms with Crippen molar-refractivity contribution in [3.05, 3.63) is 11.8 Å². The first kappa shape index (κ1) is 16.5. The summed E-state index contributed by atoms with van der Waals surface area (Å²) in [5.74, 6) is -0.0628. The van der Waals surface area contributed by atoms with Gasteiger partial charge in [0.05, 0.1) is 6.04 Å². The highest BCUT2D eigenvalue weighted by atomic mass is 16.6. The minimum atomic E-state index is -0.516. The highest BCUT2D eigenvalue weighted by Gasteiger charge is 2.29. The molecule has 1 unspecified atom stereocenters. The third kappa shape index (κ3) is 5.23. The fourth-order valence-corrected chi connectivity index (χ4v) is 2.03. The molecule has 0 aromatic rings. The summed E-state index contributed by atoms with van der Waals surface area (Å²) in [7, 11) is 0. The lowest BCUT2D eigenvalue weighted by Crippen LogP contribution is -2.44. The molecule has 1 aliphatic rings. The first-order chi connectivity index (χ1) is 9.08. The second-order valence-corrected chi connectivity index (χ2v) is 6.69. The van der Waals surface area contributed by atoms with Crippen LogP contribution in [0, 0.1) is 5.92 Å². The van der Waals surface area contributed by atoms with Gasteiger partial charge in [0, 0.05) is 11.8 Å². The van der Waals surface area contributed by atoms with E-state index in [1.165, 1.54) is 6.08 Å². The van der Waals surface area contributed by atoms with Crippen molar-refractivity contribution in [2.45, 2.75) is 65.6 Å². The maximum atomic E-state index is 12.3. The van der Waals surface area contributed by atoms with Crippen LogP contribution in [0.25, 0.3) is 0 Å². The average Bonchev–Trinajstić information content (AvgIpc) is 2.53. The summed E-state index contributed by atoms with van der Waals surface area (Å²) in [5, 5.41) is 5.92. The SMILES string of the molecule is CC(C)CC(NC1=CC(=O)N[C@H]1C)C(=O)OC(C)(C)C. The van der Waals surface area contributed by atoms with Crippen LogP contribution in [-0.4, -0.2) is 29.6 Å². The summed E-state index contributed by atoms with van der Waals surface area (Å²) in [5.41, 5.74) is 0.226.